The normalized spacial score (nSPS) is 11.8. The Kier molecular flexibility index (Phi) is 5.51. The number of aromatic nitrogens is 4. The number of hydrogen-bond acceptors (Lipinski definition) is 3. The van der Waals surface area contributed by atoms with Gasteiger partial charge in [-0.25, -0.2) is 9.97 Å². The highest BCUT2D eigenvalue weighted by atomic mass is 16.5. The van der Waals surface area contributed by atoms with Crippen LogP contribution in [0.3, 0.4) is 0 Å². The molecule has 0 spiro atoms. The lowest BCUT2D eigenvalue weighted by Crippen LogP contribution is -1.94. The van der Waals surface area contributed by atoms with Gasteiger partial charge in [0.05, 0.1) is 22.9 Å². The second-order valence-electron chi connectivity index (χ2n) is 11.9. The Morgan fingerprint density at radius 1 is 0.447 bits per heavy atom. The third-order valence-corrected chi connectivity index (χ3v) is 9.26. The maximum atomic E-state index is 6.59. The van der Waals surface area contributed by atoms with Crippen LogP contribution in [-0.4, -0.2) is 18.8 Å². The van der Waals surface area contributed by atoms with Gasteiger partial charge in [-0.3, -0.25) is 8.80 Å². The van der Waals surface area contributed by atoms with E-state index in [-0.39, 0.29) is 0 Å². The van der Waals surface area contributed by atoms with Gasteiger partial charge in [0.25, 0.3) is 0 Å². The summed E-state index contributed by atoms with van der Waals surface area (Å²) in [5.41, 5.74) is 8.62. The predicted molar refractivity (Wildman–Crippen MR) is 191 cm³/mol. The minimum absolute atomic E-state index is 0.756. The zero-order valence-electron chi connectivity index (χ0n) is 25.2. The number of ether oxygens (including phenoxy) is 1. The van der Waals surface area contributed by atoms with Crippen LogP contribution in [0.4, 0.5) is 0 Å². The van der Waals surface area contributed by atoms with Gasteiger partial charge in [0.1, 0.15) is 22.8 Å². The summed E-state index contributed by atoms with van der Waals surface area (Å²) < 4.78 is 11.0. The fourth-order valence-corrected chi connectivity index (χ4v) is 7.11. The first-order valence-electron chi connectivity index (χ1n) is 15.7. The van der Waals surface area contributed by atoms with Crippen LogP contribution in [0.5, 0.6) is 11.5 Å². The van der Waals surface area contributed by atoms with Crippen molar-refractivity contribution in [3.8, 4) is 33.9 Å². The molecule has 4 heterocycles. The zero-order valence-corrected chi connectivity index (χ0v) is 25.2. The van der Waals surface area contributed by atoms with E-state index in [1.54, 1.807) is 0 Å². The number of hydrogen-bond donors (Lipinski definition) is 0. The van der Waals surface area contributed by atoms with Crippen LogP contribution in [0.25, 0.3) is 77.0 Å². The first-order valence-corrected chi connectivity index (χ1v) is 15.7. The molecule has 10 rings (SSSR count). The quantitative estimate of drug-likeness (QED) is 0.188. The molecule has 0 saturated heterocycles. The number of fused-ring (bicyclic) bond motifs is 12. The van der Waals surface area contributed by atoms with Crippen molar-refractivity contribution in [1.29, 1.82) is 0 Å². The summed E-state index contributed by atoms with van der Waals surface area (Å²) in [6, 6.07) is 48.7. The molecule has 0 bridgehead atoms. The van der Waals surface area contributed by atoms with Crippen LogP contribution >= 0.6 is 0 Å². The molecule has 0 unspecified atom stereocenters. The fourth-order valence-electron chi connectivity index (χ4n) is 7.11. The molecule has 6 aromatic carbocycles. The predicted octanol–water partition coefficient (Wildman–Crippen LogP) is 10.7. The largest absolute Gasteiger partial charge is 0.457 e. The van der Waals surface area contributed by atoms with E-state index in [0.717, 1.165) is 66.6 Å². The van der Waals surface area contributed by atoms with Gasteiger partial charge in [0.15, 0.2) is 0 Å². The van der Waals surface area contributed by atoms with E-state index >= 15 is 0 Å². The van der Waals surface area contributed by atoms with E-state index in [0.29, 0.717) is 0 Å². The van der Waals surface area contributed by atoms with E-state index in [4.69, 9.17) is 14.7 Å². The summed E-state index contributed by atoms with van der Waals surface area (Å²) in [4.78, 5) is 9.72. The van der Waals surface area contributed by atoms with Gasteiger partial charge < -0.3 is 4.74 Å². The minimum atomic E-state index is 0.756. The Balaban J connectivity index is 1.11. The molecule has 0 amide bonds. The van der Waals surface area contributed by atoms with Crippen LogP contribution in [0.2, 0.25) is 0 Å². The lowest BCUT2D eigenvalue weighted by atomic mass is 10.0. The Morgan fingerprint density at radius 3 is 1.85 bits per heavy atom. The van der Waals surface area contributed by atoms with Crippen molar-refractivity contribution in [2.45, 2.75) is 0 Å². The third kappa shape index (κ3) is 3.97. The Hall–Kier alpha value is -6.46. The van der Waals surface area contributed by atoms with Gasteiger partial charge in [0, 0.05) is 39.5 Å². The van der Waals surface area contributed by atoms with E-state index in [1.165, 1.54) is 21.9 Å². The molecule has 0 fully saturated rings. The van der Waals surface area contributed by atoms with Crippen molar-refractivity contribution in [2.24, 2.45) is 0 Å². The average Bonchev–Trinajstić information content (AvgIpc) is 3.82. The van der Waals surface area contributed by atoms with Crippen molar-refractivity contribution < 1.29 is 4.74 Å². The number of nitrogens with zero attached hydrogens (tertiary/aromatic N) is 4. The molecule has 0 radical (unpaired) electrons. The summed E-state index contributed by atoms with van der Waals surface area (Å²) in [5, 5.41) is 6.71. The van der Waals surface area contributed by atoms with Crippen LogP contribution in [0.1, 0.15) is 0 Å². The van der Waals surface area contributed by atoms with Crippen LogP contribution in [0.15, 0.2) is 158 Å². The van der Waals surface area contributed by atoms with Gasteiger partial charge in [-0.2, -0.15) is 0 Å². The second kappa shape index (κ2) is 10.0. The van der Waals surface area contributed by atoms with E-state index in [9.17, 15) is 0 Å². The molecule has 4 aromatic heterocycles. The maximum absolute atomic E-state index is 6.59. The molecular formula is C42H26N4O. The standard InChI is InChI=1S/C42H26N4O/c1-3-9-27(10-4-1)29-15-18-35-33-20-17-30(24-36(33)41-43-21-22-45(41)39(35)23-29)47-31-16-19-32-34-13-7-8-14-38(34)46-40(28-11-5-2-6-12-28)26-44-42(46)37(32)25-31/h1-26H. The van der Waals surface area contributed by atoms with Gasteiger partial charge in [0.2, 0.25) is 0 Å². The lowest BCUT2D eigenvalue weighted by molar-refractivity contribution is 0.484. The van der Waals surface area contributed by atoms with Crippen molar-refractivity contribution in [1.82, 2.24) is 18.8 Å². The molecule has 0 aliphatic heterocycles. The van der Waals surface area contributed by atoms with E-state index < -0.39 is 0 Å². The zero-order chi connectivity index (χ0) is 30.9. The van der Waals surface area contributed by atoms with Crippen molar-refractivity contribution >= 4 is 54.6 Å². The van der Waals surface area contributed by atoms with E-state index in [2.05, 4.69) is 130 Å². The molecule has 0 saturated carbocycles. The van der Waals surface area contributed by atoms with Crippen molar-refractivity contribution in [3.63, 3.8) is 0 Å². The smallest absolute Gasteiger partial charge is 0.145 e. The van der Waals surface area contributed by atoms with Gasteiger partial charge in [-0.1, -0.05) is 91.0 Å². The first kappa shape index (κ1) is 25.8. The van der Waals surface area contributed by atoms with Crippen LogP contribution in [0, 0.1) is 0 Å². The molecule has 0 aliphatic rings. The minimum Gasteiger partial charge on any atom is -0.457 e. The molecule has 0 aliphatic carbocycles. The molecular weight excluding hydrogens is 576 g/mol. The second-order valence-corrected chi connectivity index (χ2v) is 11.9. The highest BCUT2D eigenvalue weighted by Gasteiger charge is 2.16. The summed E-state index contributed by atoms with van der Waals surface area (Å²) in [5.74, 6) is 1.51. The number of pyridine rings is 2. The van der Waals surface area contributed by atoms with Crippen LogP contribution < -0.4 is 4.74 Å². The van der Waals surface area contributed by atoms with Crippen molar-refractivity contribution in [2.75, 3.05) is 0 Å². The van der Waals surface area contributed by atoms with Crippen LogP contribution in [-0.2, 0) is 0 Å². The molecule has 47 heavy (non-hydrogen) atoms. The molecule has 220 valence electrons. The Labute approximate surface area is 269 Å². The van der Waals surface area contributed by atoms with Gasteiger partial charge >= 0.3 is 0 Å². The number of imidazole rings is 2. The molecule has 5 heteroatoms. The van der Waals surface area contributed by atoms with Crippen molar-refractivity contribution in [3.05, 3.63) is 158 Å². The summed E-state index contributed by atoms with van der Waals surface area (Å²) >= 11 is 0. The molecule has 0 N–H and O–H groups in total. The Bertz CT molecular complexity index is 2820. The first-order chi connectivity index (χ1) is 23.3. The summed E-state index contributed by atoms with van der Waals surface area (Å²) in [6.07, 6.45) is 5.87. The fraction of sp³-hybridized carbons (Fsp3) is 0. The average molecular weight is 603 g/mol. The summed E-state index contributed by atoms with van der Waals surface area (Å²) in [7, 11) is 0. The van der Waals surface area contributed by atoms with Gasteiger partial charge in [-0.15, -0.1) is 0 Å². The highest BCUT2D eigenvalue weighted by molar-refractivity contribution is 6.14. The maximum Gasteiger partial charge on any atom is 0.145 e. The number of benzene rings is 6. The number of rotatable bonds is 4. The number of para-hydroxylation sites is 1. The SMILES string of the molecule is c1ccc(-c2ccc3c4ccc(Oc5ccc6c7ccccc7n7c(-c8ccccc8)cnc7c6c5)cc4c4nccn4c3c2)cc1. The molecule has 10 aromatic rings. The highest BCUT2D eigenvalue weighted by Crippen LogP contribution is 2.38. The topological polar surface area (TPSA) is 43.8 Å². The third-order valence-electron chi connectivity index (χ3n) is 9.26. The van der Waals surface area contributed by atoms with Gasteiger partial charge in [-0.05, 0) is 70.4 Å². The Morgan fingerprint density at radius 2 is 1.09 bits per heavy atom. The molecule has 0 atom stereocenters. The van der Waals surface area contributed by atoms with E-state index in [1.807, 2.05) is 36.8 Å². The lowest BCUT2D eigenvalue weighted by Gasteiger charge is -2.14. The monoisotopic (exact) mass is 602 g/mol. The summed E-state index contributed by atoms with van der Waals surface area (Å²) in [6.45, 7) is 0. The molecule has 5 nitrogen and oxygen atoms in total.